The van der Waals surface area contributed by atoms with Crippen molar-refractivity contribution < 1.29 is 17.9 Å². The van der Waals surface area contributed by atoms with Gasteiger partial charge in [-0.15, -0.1) is 0 Å². The Kier molecular flexibility index (Phi) is 5.43. The molecule has 0 unspecified atom stereocenters. The number of hydrogen-bond donors (Lipinski definition) is 1. The van der Waals surface area contributed by atoms with Gasteiger partial charge in [0.2, 0.25) is 0 Å². The van der Waals surface area contributed by atoms with Gasteiger partial charge in [0.1, 0.15) is 10.6 Å². The molecule has 2 heterocycles. The monoisotopic (exact) mass is 406 g/mol. The van der Waals surface area contributed by atoms with Crippen LogP contribution in [0.2, 0.25) is 5.02 Å². The van der Waals surface area contributed by atoms with E-state index < -0.39 is 10.0 Å². The maximum atomic E-state index is 12.7. The van der Waals surface area contributed by atoms with Crippen LogP contribution in [-0.4, -0.2) is 37.6 Å². The third-order valence-corrected chi connectivity index (χ3v) is 5.19. The number of anilines is 1. The fourth-order valence-corrected chi connectivity index (χ4v) is 3.76. The lowest BCUT2D eigenvalue weighted by Gasteiger charge is -2.12. The van der Waals surface area contributed by atoms with Crippen molar-refractivity contribution in [3.05, 3.63) is 54.1 Å². The van der Waals surface area contributed by atoms with Gasteiger partial charge in [-0.05, 0) is 24.3 Å². The van der Waals surface area contributed by atoms with E-state index in [2.05, 4.69) is 19.7 Å². The van der Waals surface area contributed by atoms with E-state index in [1.54, 1.807) is 30.7 Å². The number of rotatable bonds is 6. The zero-order valence-electron chi connectivity index (χ0n) is 14.4. The van der Waals surface area contributed by atoms with Gasteiger partial charge in [0, 0.05) is 34.7 Å². The minimum Gasteiger partial charge on any atom is -0.495 e. The number of ether oxygens (including phenoxy) is 2. The first-order valence-corrected chi connectivity index (χ1v) is 9.47. The van der Waals surface area contributed by atoms with Crippen LogP contribution in [0, 0.1) is 0 Å². The van der Waals surface area contributed by atoms with Crippen LogP contribution < -0.4 is 14.2 Å². The first-order valence-electron chi connectivity index (χ1n) is 7.61. The molecule has 0 amide bonds. The molecule has 2 aromatic heterocycles. The maximum absolute atomic E-state index is 12.7. The van der Waals surface area contributed by atoms with Gasteiger partial charge in [-0.3, -0.25) is 9.71 Å². The highest BCUT2D eigenvalue weighted by atomic mass is 35.5. The third-order valence-electron chi connectivity index (χ3n) is 3.55. The Morgan fingerprint density at radius 1 is 0.963 bits per heavy atom. The Morgan fingerprint density at radius 3 is 2.37 bits per heavy atom. The molecule has 1 N–H and O–H groups in total. The SMILES string of the molecule is COc1ncc(-c2cncc(NS(=O)(=O)c3cc(Cl)ccc3OC)c2)cn1. The van der Waals surface area contributed by atoms with Gasteiger partial charge in [0.15, 0.2) is 0 Å². The lowest BCUT2D eigenvalue weighted by molar-refractivity contribution is 0.380. The number of nitrogens with one attached hydrogen (secondary N) is 1. The Hall–Kier alpha value is -2.91. The van der Waals surface area contributed by atoms with Crippen LogP contribution in [-0.2, 0) is 10.0 Å². The summed E-state index contributed by atoms with van der Waals surface area (Å²) < 4.78 is 38.0. The molecule has 0 bridgehead atoms. The molecule has 0 aliphatic heterocycles. The molecule has 3 rings (SSSR count). The van der Waals surface area contributed by atoms with E-state index in [0.717, 1.165) is 0 Å². The standard InChI is InChI=1S/C17H15ClN4O4S/c1-25-15-4-3-13(18)6-16(15)27(23,24)22-14-5-11(7-19-10-14)12-8-20-17(26-2)21-9-12/h3-10,22H,1-2H3. The largest absolute Gasteiger partial charge is 0.495 e. The van der Waals surface area contributed by atoms with Gasteiger partial charge in [-0.2, -0.15) is 0 Å². The molecule has 0 saturated heterocycles. The van der Waals surface area contributed by atoms with Gasteiger partial charge in [0.05, 0.1) is 26.1 Å². The van der Waals surface area contributed by atoms with Crippen LogP contribution >= 0.6 is 11.6 Å². The van der Waals surface area contributed by atoms with Crippen LogP contribution in [0.15, 0.2) is 53.9 Å². The molecule has 8 nitrogen and oxygen atoms in total. The smallest absolute Gasteiger partial charge is 0.316 e. The van der Waals surface area contributed by atoms with Crippen molar-refractivity contribution in [1.29, 1.82) is 0 Å². The predicted octanol–water partition coefficient (Wildman–Crippen LogP) is 3.01. The molecule has 3 aromatic rings. The summed E-state index contributed by atoms with van der Waals surface area (Å²) in [5, 5.41) is 0.276. The first-order chi connectivity index (χ1) is 12.9. The van der Waals surface area contributed by atoms with E-state index in [0.29, 0.717) is 11.1 Å². The summed E-state index contributed by atoms with van der Waals surface area (Å²) in [6, 6.07) is 6.20. The number of halogens is 1. The Bertz CT molecular complexity index is 1060. The minimum atomic E-state index is -3.94. The highest BCUT2D eigenvalue weighted by Gasteiger charge is 2.20. The van der Waals surface area contributed by atoms with Gasteiger partial charge in [0.25, 0.3) is 10.0 Å². The van der Waals surface area contributed by atoms with Crippen molar-refractivity contribution in [2.24, 2.45) is 0 Å². The Balaban J connectivity index is 1.92. The normalized spacial score (nSPS) is 11.1. The molecule has 0 aliphatic carbocycles. The molecule has 0 saturated carbocycles. The van der Waals surface area contributed by atoms with Crippen molar-refractivity contribution in [2.75, 3.05) is 18.9 Å². The second-order valence-electron chi connectivity index (χ2n) is 5.32. The second kappa shape index (κ2) is 7.77. The fourth-order valence-electron chi connectivity index (χ4n) is 2.29. The van der Waals surface area contributed by atoms with Crippen molar-refractivity contribution in [3.8, 4) is 22.9 Å². The number of sulfonamides is 1. The third kappa shape index (κ3) is 4.26. The topological polar surface area (TPSA) is 103 Å². The van der Waals surface area contributed by atoms with Gasteiger partial charge in [-0.25, -0.2) is 18.4 Å². The van der Waals surface area contributed by atoms with E-state index in [1.165, 1.54) is 32.5 Å². The summed E-state index contributed by atoms with van der Waals surface area (Å²) in [7, 11) is -1.09. The number of methoxy groups -OCH3 is 2. The summed E-state index contributed by atoms with van der Waals surface area (Å²) in [6.07, 6.45) is 6.08. The number of benzene rings is 1. The van der Waals surface area contributed by atoms with Crippen LogP contribution in [0.1, 0.15) is 0 Å². The van der Waals surface area contributed by atoms with E-state index in [1.807, 2.05) is 0 Å². The van der Waals surface area contributed by atoms with Crippen molar-refractivity contribution in [3.63, 3.8) is 0 Å². The van der Waals surface area contributed by atoms with E-state index in [9.17, 15) is 8.42 Å². The molecular weight excluding hydrogens is 392 g/mol. The van der Waals surface area contributed by atoms with E-state index in [4.69, 9.17) is 21.1 Å². The first kappa shape index (κ1) is 18.9. The summed E-state index contributed by atoms with van der Waals surface area (Å²) in [6.45, 7) is 0. The van der Waals surface area contributed by atoms with Crippen LogP contribution in [0.4, 0.5) is 5.69 Å². The highest BCUT2D eigenvalue weighted by molar-refractivity contribution is 7.92. The lowest BCUT2D eigenvalue weighted by Crippen LogP contribution is -2.14. The fraction of sp³-hybridized carbons (Fsp3) is 0.118. The summed E-state index contributed by atoms with van der Waals surface area (Å²) in [4.78, 5) is 12.1. The molecule has 0 fully saturated rings. The molecule has 140 valence electrons. The van der Waals surface area contributed by atoms with Crippen LogP contribution in [0.3, 0.4) is 0 Å². The lowest BCUT2D eigenvalue weighted by atomic mass is 10.1. The molecular formula is C17H15ClN4O4S. The molecule has 1 aromatic carbocycles. The molecule has 27 heavy (non-hydrogen) atoms. The van der Waals surface area contributed by atoms with Crippen molar-refractivity contribution in [1.82, 2.24) is 15.0 Å². The zero-order chi connectivity index (χ0) is 19.4. The number of hydrogen-bond acceptors (Lipinski definition) is 7. The summed E-state index contributed by atoms with van der Waals surface area (Å²) in [5.41, 5.74) is 1.56. The van der Waals surface area contributed by atoms with E-state index >= 15 is 0 Å². The quantitative estimate of drug-likeness (QED) is 0.671. The molecule has 0 radical (unpaired) electrons. The zero-order valence-corrected chi connectivity index (χ0v) is 16.0. The van der Waals surface area contributed by atoms with Gasteiger partial charge >= 0.3 is 6.01 Å². The second-order valence-corrected chi connectivity index (χ2v) is 7.41. The molecule has 0 aliphatic rings. The predicted molar refractivity (Wildman–Crippen MR) is 101 cm³/mol. The maximum Gasteiger partial charge on any atom is 0.316 e. The number of aromatic nitrogens is 3. The van der Waals surface area contributed by atoms with Crippen LogP contribution in [0.5, 0.6) is 11.8 Å². The average Bonchev–Trinajstić information content (AvgIpc) is 2.68. The Labute approximate surface area is 161 Å². The molecule has 0 atom stereocenters. The minimum absolute atomic E-state index is 0.0734. The van der Waals surface area contributed by atoms with E-state index in [-0.39, 0.29) is 27.4 Å². The molecule has 10 heteroatoms. The van der Waals surface area contributed by atoms with Crippen molar-refractivity contribution in [2.45, 2.75) is 4.90 Å². The number of nitrogens with zero attached hydrogens (tertiary/aromatic N) is 3. The van der Waals surface area contributed by atoms with Crippen LogP contribution in [0.25, 0.3) is 11.1 Å². The summed E-state index contributed by atoms with van der Waals surface area (Å²) >= 11 is 5.93. The van der Waals surface area contributed by atoms with Gasteiger partial charge < -0.3 is 9.47 Å². The highest BCUT2D eigenvalue weighted by Crippen LogP contribution is 2.29. The average molecular weight is 407 g/mol. The van der Waals surface area contributed by atoms with Gasteiger partial charge in [-0.1, -0.05) is 11.6 Å². The number of pyridine rings is 1. The molecule has 0 spiro atoms. The summed E-state index contributed by atoms with van der Waals surface area (Å²) in [5.74, 6) is 0.180. The Morgan fingerprint density at radius 2 is 1.70 bits per heavy atom. The van der Waals surface area contributed by atoms with Crippen molar-refractivity contribution >= 4 is 27.3 Å².